The Morgan fingerprint density at radius 1 is 1.32 bits per heavy atom. The van der Waals surface area contributed by atoms with Gasteiger partial charge in [-0.05, 0) is 36.5 Å². The molecule has 0 aromatic heterocycles. The molecule has 1 aromatic rings. The molecule has 0 radical (unpaired) electrons. The Morgan fingerprint density at radius 2 is 2.09 bits per heavy atom. The molecule has 1 fully saturated rings. The van der Waals surface area contributed by atoms with Crippen molar-refractivity contribution in [2.45, 2.75) is 18.4 Å². The van der Waals surface area contributed by atoms with Gasteiger partial charge in [0.15, 0.2) is 11.5 Å². The molecule has 0 atom stereocenters. The fourth-order valence-corrected chi connectivity index (χ4v) is 4.02. The predicted octanol–water partition coefficient (Wildman–Crippen LogP) is 2.10. The average Bonchev–Trinajstić information content (AvgIpc) is 2.60. The zero-order valence-electron chi connectivity index (χ0n) is 12.7. The summed E-state index contributed by atoms with van der Waals surface area (Å²) in [5.41, 5.74) is 0.279. The summed E-state index contributed by atoms with van der Waals surface area (Å²) in [6, 6.07) is 5.39. The summed E-state index contributed by atoms with van der Waals surface area (Å²) >= 11 is 1.93. The Kier molecular flexibility index (Phi) is 4.78. The highest BCUT2D eigenvalue weighted by atomic mass is 32.2. The minimum Gasteiger partial charge on any atom is -0.486 e. The number of ether oxygens (including phenoxy) is 3. The standard InChI is InChI=1S/C16H21NO4S/c1-19-16(5-9-22-10-6-16)11-17-15(18)12-3-2-4-13-14(12)21-8-7-20-13/h2-4H,5-11H2,1H3,(H,17,18). The number of fused-ring (bicyclic) bond motifs is 1. The van der Waals surface area contributed by atoms with Gasteiger partial charge in [0.1, 0.15) is 13.2 Å². The second kappa shape index (κ2) is 6.79. The summed E-state index contributed by atoms with van der Waals surface area (Å²) in [7, 11) is 1.73. The smallest absolute Gasteiger partial charge is 0.255 e. The van der Waals surface area contributed by atoms with E-state index in [-0.39, 0.29) is 11.5 Å². The molecule has 2 heterocycles. The lowest BCUT2D eigenvalue weighted by molar-refractivity contribution is -0.0150. The van der Waals surface area contributed by atoms with Crippen molar-refractivity contribution in [1.82, 2.24) is 5.32 Å². The number of benzene rings is 1. The molecular formula is C16H21NO4S. The number of carbonyl (C=O) groups excluding carboxylic acids is 1. The zero-order chi connectivity index (χ0) is 15.4. The first kappa shape index (κ1) is 15.5. The summed E-state index contributed by atoms with van der Waals surface area (Å²) < 4.78 is 16.8. The number of hydrogen-bond acceptors (Lipinski definition) is 5. The monoisotopic (exact) mass is 323 g/mol. The lowest BCUT2D eigenvalue weighted by Crippen LogP contribution is -2.47. The van der Waals surface area contributed by atoms with E-state index in [2.05, 4.69) is 5.32 Å². The Labute approximate surface area is 134 Å². The first-order valence-electron chi connectivity index (χ1n) is 7.54. The summed E-state index contributed by atoms with van der Waals surface area (Å²) in [6.07, 6.45) is 1.92. The van der Waals surface area contributed by atoms with Crippen molar-refractivity contribution in [2.24, 2.45) is 0 Å². The first-order chi connectivity index (χ1) is 10.7. The van der Waals surface area contributed by atoms with E-state index in [4.69, 9.17) is 14.2 Å². The second-order valence-electron chi connectivity index (χ2n) is 5.51. The quantitative estimate of drug-likeness (QED) is 0.919. The largest absolute Gasteiger partial charge is 0.486 e. The highest BCUT2D eigenvalue weighted by Crippen LogP contribution is 2.34. The topological polar surface area (TPSA) is 56.8 Å². The van der Waals surface area contributed by atoms with E-state index in [1.165, 1.54) is 0 Å². The predicted molar refractivity (Wildman–Crippen MR) is 86.1 cm³/mol. The molecule has 0 saturated carbocycles. The van der Waals surface area contributed by atoms with Gasteiger partial charge >= 0.3 is 0 Å². The Bertz CT molecular complexity index is 543. The van der Waals surface area contributed by atoms with Crippen molar-refractivity contribution in [3.63, 3.8) is 0 Å². The lowest BCUT2D eigenvalue weighted by Gasteiger charge is -2.35. The van der Waals surface area contributed by atoms with Gasteiger partial charge < -0.3 is 19.5 Å². The van der Waals surface area contributed by atoms with Gasteiger partial charge in [-0.1, -0.05) is 6.07 Å². The molecule has 2 aliphatic heterocycles. The summed E-state index contributed by atoms with van der Waals surface area (Å²) in [5, 5.41) is 3.00. The number of thioether (sulfide) groups is 1. The van der Waals surface area contributed by atoms with E-state index in [0.717, 1.165) is 24.3 Å². The normalized spacial score (nSPS) is 19.5. The van der Waals surface area contributed by atoms with E-state index < -0.39 is 0 Å². The molecule has 120 valence electrons. The molecule has 0 bridgehead atoms. The molecule has 3 rings (SSSR count). The van der Waals surface area contributed by atoms with Crippen molar-refractivity contribution in [3.05, 3.63) is 23.8 Å². The minimum absolute atomic E-state index is 0.142. The molecule has 0 spiro atoms. The van der Waals surface area contributed by atoms with Crippen LogP contribution in [0.15, 0.2) is 18.2 Å². The van der Waals surface area contributed by atoms with E-state index in [1.54, 1.807) is 13.2 Å². The highest BCUT2D eigenvalue weighted by molar-refractivity contribution is 7.99. The molecular weight excluding hydrogens is 302 g/mol. The fourth-order valence-electron chi connectivity index (χ4n) is 2.79. The van der Waals surface area contributed by atoms with Gasteiger partial charge in [0.2, 0.25) is 0 Å². The molecule has 6 heteroatoms. The van der Waals surface area contributed by atoms with E-state index in [0.29, 0.717) is 36.8 Å². The zero-order valence-corrected chi connectivity index (χ0v) is 13.5. The molecule has 5 nitrogen and oxygen atoms in total. The summed E-state index contributed by atoms with van der Waals surface area (Å²) in [5.74, 6) is 3.17. The van der Waals surface area contributed by atoms with Gasteiger partial charge in [0, 0.05) is 13.7 Å². The van der Waals surface area contributed by atoms with Crippen LogP contribution in [0.25, 0.3) is 0 Å². The van der Waals surface area contributed by atoms with Crippen LogP contribution in [0.5, 0.6) is 11.5 Å². The van der Waals surface area contributed by atoms with Gasteiger partial charge in [0.25, 0.3) is 5.91 Å². The van der Waals surface area contributed by atoms with Gasteiger partial charge in [-0.2, -0.15) is 11.8 Å². The summed E-state index contributed by atoms with van der Waals surface area (Å²) in [6.45, 7) is 1.51. The van der Waals surface area contributed by atoms with Crippen LogP contribution in [0.1, 0.15) is 23.2 Å². The molecule has 22 heavy (non-hydrogen) atoms. The maximum Gasteiger partial charge on any atom is 0.255 e. The van der Waals surface area contributed by atoms with E-state index >= 15 is 0 Å². The van der Waals surface area contributed by atoms with Crippen LogP contribution in [0.3, 0.4) is 0 Å². The van der Waals surface area contributed by atoms with Crippen LogP contribution in [-0.2, 0) is 4.74 Å². The lowest BCUT2D eigenvalue weighted by atomic mass is 9.96. The van der Waals surface area contributed by atoms with Gasteiger partial charge in [-0.15, -0.1) is 0 Å². The van der Waals surface area contributed by atoms with Crippen molar-refractivity contribution in [1.29, 1.82) is 0 Å². The number of carbonyl (C=O) groups is 1. The molecule has 1 amide bonds. The van der Waals surface area contributed by atoms with Gasteiger partial charge in [-0.3, -0.25) is 4.79 Å². The summed E-state index contributed by atoms with van der Waals surface area (Å²) in [4.78, 5) is 12.5. The van der Waals surface area contributed by atoms with Crippen molar-refractivity contribution < 1.29 is 19.0 Å². The third-order valence-electron chi connectivity index (χ3n) is 4.22. The highest BCUT2D eigenvalue weighted by Gasteiger charge is 2.33. The third-order valence-corrected chi connectivity index (χ3v) is 5.20. The van der Waals surface area contributed by atoms with Crippen molar-refractivity contribution in [3.8, 4) is 11.5 Å². The van der Waals surface area contributed by atoms with Crippen LogP contribution >= 0.6 is 11.8 Å². The Morgan fingerprint density at radius 3 is 2.86 bits per heavy atom. The number of methoxy groups -OCH3 is 1. The van der Waals surface area contributed by atoms with Crippen LogP contribution in [0, 0.1) is 0 Å². The molecule has 2 aliphatic rings. The van der Waals surface area contributed by atoms with Gasteiger partial charge in [0.05, 0.1) is 11.2 Å². The fraction of sp³-hybridized carbons (Fsp3) is 0.562. The first-order valence-corrected chi connectivity index (χ1v) is 8.69. The molecule has 0 unspecified atom stereocenters. The number of nitrogens with one attached hydrogen (secondary N) is 1. The SMILES string of the molecule is COC1(CNC(=O)c2cccc3c2OCCO3)CCSCC1. The van der Waals surface area contributed by atoms with Crippen molar-refractivity contribution >= 4 is 17.7 Å². The van der Waals surface area contributed by atoms with Crippen LogP contribution in [0.4, 0.5) is 0 Å². The molecule has 1 saturated heterocycles. The van der Waals surface area contributed by atoms with E-state index in [9.17, 15) is 4.79 Å². The van der Waals surface area contributed by atoms with Crippen LogP contribution in [-0.4, -0.2) is 49.9 Å². The second-order valence-corrected chi connectivity index (χ2v) is 6.74. The number of amides is 1. The average molecular weight is 323 g/mol. The van der Waals surface area contributed by atoms with Crippen LogP contribution in [0.2, 0.25) is 0 Å². The number of hydrogen-bond donors (Lipinski definition) is 1. The molecule has 0 aliphatic carbocycles. The Hall–Kier alpha value is -1.40. The van der Waals surface area contributed by atoms with E-state index in [1.807, 2.05) is 23.9 Å². The van der Waals surface area contributed by atoms with Crippen LogP contribution < -0.4 is 14.8 Å². The maximum atomic E-state index is 12.5. The van der Waals surface area contributed by atoms with Gasteiger partial charge in [-0.25, -0.2) is 0 Å². The minimum atomic E-state index is -0.243. The number of para-hydroxylation sites is 1. The maximum absolute atomic E-state index is 12.5. The molecule has 1 N–H and O–H groups in total. The van der Waals surface area contributed by atoms with Crippen molar-refractivity contribution in [2.75, 3.05) is 38.4 Å². The third kappa shape index (κ3) is 3.17. The molecule has 1 aromatic carbocycles. The Balaban J connectivity index is 1.69. The number of rotatable bonds is 4.